The highest BCUT2D eigenvalue weighted by atomic mass is 16.3. The Morgan fingerprint density at radius 3 is 2.48 bits per heavy atom. The van der Waals surface area contributed by atoms with E-state index < -0.39 is 52.0 Å². The summed E-state index contributed by atoms with van der Waals surface area (Å²) in [5.74, 6) is -6.30. The third kappa shape index (κ3) is 4.24. The average Bonchev–Trinajstić information content (AvgIpc) is 2.90. The van der Waals surface area contributed by atoms with Crippen LogP contribution in [0.25, 0.3) is 5.76 Å². The first-order chi connectivity index (χ1) is 19.0. The smallest absolute Gasteiger partial charge is 0.255 e. The number of ketones is 2. The molecule has 2 aromatic carbocycles. The molecule has 0 heterocycles. The summed E-state index contributed by atoms with van der Waals surface area (Å²) < 4.78 is 0. The van der Waals surface area contributed by atoms with Gasteiger partial charge in [-0.1, -0.05) is 30.3 Å². The zero-order chi connectivity index (χ0) is 28.9. The number of carbonyl (C=O) groups is 3. The Labute approximate surface area is 231 Å². The number of anilines is 1. The first-order valence-corrected chi connectivity index (χ1v) is 13.2. The molecule has 210 valence electrons. The molecular weight excluding hydrogens is 514 g/mol. The van der Waals surface area contributed by atoms with Gasteiger partial charge in [0.2, 0.25) is 5.78 Å². The lowest BCUT2D eigenvalue weighted by Gasteiger charge is -2.46. The van der Waals surface area contributed by atoms with Gasteiger partial charge in [-0.2, -0.15) is 0 Å². The molecule has 0 bridgehead atoms. The highest BCUT2D eigenvalue weighted by Gasteiger charge is 2.60. The number of primary amides is 1. The van der Waals surface area contributed by atoms with Gasteiger partial charge >= 0.3 is 0 Å². The minimum atomic E-state index is -2.58. The van der Waals surface area contributed by atoms with Crippen molar-refractivity contribution in [2.45, 2.75) is 37.8 Å². The number of aliphatic hydroxyl groups is 3. The molecule has 10 heteroatoms. The first-order valence-electron chi connectivity index (χ1n) is 13.2. The standard InChI is InChI=1S/C30H33N3O7/c1-33(2)20-12-17(14-32-9-8-15-6-4-3-5-7-15)25(35)23-19(20)11-16-10-18-13-21(34)24(29(31)39)28(38)30(18,40)27(37)22(16)26(23)36/h3-7,12,16,18,32,35-36,38,40H,8-11,13-14H2,1-2H3,(H2,31,39)/t16-,18+,30+/m1/s1. The van der Waals surface area contributed by atoms with Crippen LogP contribution in [0.2, 0.25) is 0 Å². The van der Waals surface area contributed by atoms with Crippen molar-refractivity contribution in [1.82, 2.24) is 5.32 Å². The highest BCUT2D eigenvalue weighted by Crippen LogP contribution is 2.53. The van der Waals surface area contributed by atoms with Gasteiger partial charge in [-0.3, -0.25) is 14.4 Å². The van der Waals surface area contributed by atoms with Crippen molar-refractivity contribution in [1.29, 1.82) is 0 Å². The van der Waals surface area contributed by atoms with Crippen LogP contribution in [0.15, 0.2) is 53.3 Å². The van der Waals surface area contributed by atoms with Crippen molar-refractivity contribution in [3.05, 3.63) is 75.6 Å². The number of phenols is 1. The van der Waals surface area contributed by atoms with Crippen LogP contribution in [0.1, 0.15) is 35.1 Å². The Bertz CT molecular complexity index is 1480. The van der Waals surface area contributed by atoms with Gasteiger partial charge in [0.1, 0.15) is 22.8 Å². The van der Waals surface area contributed by atoms with Crippen molar-refractivity contribution < 1.29 is 34.8 Å². The van der Waals surface area contributed by atoms with Crippen molar-refractivity contribution >= 4 is 28.9 Å². The molecule has 10 nitrogen and oxygen atoms in total. The van der Waals surface area contributed by atoms with E-state index in [1.165, 1.54) is 5.56 Å². The van der Waals surface area contributed by atoms with Crippen LogP contribution in [0, 0.1) is 11.8 Å². The van der Waals surface area contributed by atoms with E-state index in [2.05, 4.69) is 5.32 Å². The number of phenolic OH excluding ortho intramolecular Hbond substituents is 1. The maximum atomic E-state index is 13.8. The van der Waals surface area contributed by atoms with Gasteiger partial charge in [0.25, 0.3) is 5.91 Å². The number of nitrogens with one attached hydrogen (secondary N) is 1. The first kappa shape index (κ1) is 27.4. The third-order valence-corrected chi connectivity index (χ3v) is 8.35. The molecule has 3 atom stereocenters. The van der Waals surface area contributed by atoms with Crippen molar-refractivity contribution in [3.63, 3.8) is 0 Å². The lowest BCUT2D eigenvalue weighted by atomic mass is 9.59. The van der Waals surface area contributed by atoms with Crippen molar-refractivity contribution in [2.75, 3.05) is 25.5 Å². The summed E-state index contributed by atoms with van der Waals surface area (Å²) >= 11 is 0. The Hall–Kier alpha value is -4.15. The molecule has 40 heavy (non-hydrogen) atoms. The number of hydrogen-bond acceptors (Lipinski definition) is 9. The number of hydrogen-bond donors (Lipinski definition) is 6. The molecule has 0 saturated heterocycles. The molecule has 1 saturated carbocycles. The minimum Gasteiger partial charge on any atom is -0.508 e. The van der Waals surface area contributed by atoms with Crippen molar-refractivity contribution in [2.24, 2.45) is 17.6 Å². The number of Topliss-reactive ketones (excluding diaryl/α,β-unsaturated/α-hetero) is 2. The maximum Gasteiger partial charge on any atom is 0.255 e. The minimum absolute atomic E-state index is 0.0955. The van der Waals surface area contributed by atoms with Gasteiger partial charge in [-0.05, 0) is 48.9 Å². The van der Waals surface area contributed by atoms with Gasteiger partial charge in [0.05, 0.1) is 5.56 Å². The summed E-state index contributed by atoms with van der Waals surface area (Å²) in [6.45, 7) is 0.943. The molecule has 0 spiro atoms. The number of benzene rings is 2. The number of nitrogens with two attached hydrogens (primary N) is 1. The van der Waals surface area contributed by atoms with Gasteiger partial charge in [-0.15, -0.1) is 0 Å². The average molecular weight is 548 g/mol. The lowest BCUT2D eigenvalue weighted by molar-refractivity contribution is -0.147. The summed E-state index contributed by atoms with van der Waals surface area (Å²) in [5, 5.41) is 48.3. The molecule has 0 aromatic heterocycles. The van der Waals surface area contributed by atoms with E-state index in [0.717, 1.165) is 12.1 Å². The number of rotatable bonds is 7. The van der Waals surface area contributed by atoms with E-state index in [0.29, 0.717) is 24.2 Å². The Kier molecular flexibility index (Phi) is 6.93. The normalized spacial score (nSPS) is 24.0. The third-order valence-electron chi connectivity index (χ3n) is 8.35. The number of fused-ring (bicyclic) bond motifs is 3. The Morgan fingerprint density at radius 2 is 1.82 bits per heavy atom. The molecule has 1 amide bonds. The monoisotopic (exact) mass is 547 g/mol. The van der Waals surface area contributed by atoms with Crippen LogP contribution in [-0.4, -0.2) is 64.1 Å². The van der Waals surface area contributed by atoms with E-state index in [4.69, 9.17) is 5.73 Å². The second-order valence-corrected chi connectivity index (χ2v) is 11.0. The zero-order valence-electron chi connectivity index (χ0n) is 22.4. The van der Waals surface area contributed by atoms with E-state index >= 15 is 0 Å². The second-order valence-electron chi connectivity index (χ2n) is 11.0. The molecule has 0 aliphatic heterocycles. The predicted molar refractivity (Wildman–Crippen MR) is 148 cm³/mol. The summed E-state index contributed by atoms with van der Waals surface area (Å²) in [6.07, 6.45) is 0.795. The molecule has 0 radical (unpaired) electrons. The lowest BCUT2D eigenvalue weighted by Crippen LogP contribution is -2.58. The largest absolute Gasteiger partial charge is 0.508 e. The number of nitrogens with zero attached hydrogens (tertiary/aromatic N) is 1. The number of aliphatic hydroxyl groups excluding tert-OH is 2. The number of amides is 1. The highest BCUT2D eigenvalue weighted by molar-refractivity contribution is 6.22. The summed E-state index contributed by atoms with van der Waals surface area (Å²) in [4.78, 5) is 40.0. The van der Waals surface area contributed by atoms with Crippen LogP contribution < -0.4 is 16.0 Å². The topological polar surface area (TPSA) is 173 Å². The van der Waals surface area contributed by atoms with Crippen LogP contribution >= 0.6 is 0 Å². The summed E-state index contributed by atoms with van der Waals surface area (Å²) in [5.41, 5.74) is 4.90. The van der Waals surface area contributed by atoms with Gasteiger partial charge < -0.3 is 36.4 Å². The molecule has 3 aliphatic carbocycles. The number of carbonyl (C=O) groups excluding carboxylic acids is 3. The molecule has 7 N–H and O–H groups in total. The van der Waals surface area contributed by atoms with Gasteiger partial charge in [-0.25, -0.2) is 0 Å². The Morgan fingerprint density at radius 1 is 1.12 bits per heavy atom. The molecule has 0 unspecified atom stereocenters. The van der Waals surface area contributed by atoms with Crippen LogP contribution in [0.3, 0.4) is 0 Å². The van der Waals surface area contributed by atoms with Crippen LogP contribution in [0.5, 0.6) is 5.75 Å². The summed E-state index contributed by atoms with van der Waals surface area (Å²) in [7, 11) is 3.68. The van der Waals surface area contributed by atoms with Gasteiger partial charge in [0, 0.05) is 49.8 Å². The zero-order valence-corrected chi connectivity index (χ0v) is 22.4. The van der Waals surface area contributed by atoms with E-state index in [-0.39, 0.29) is 36.1 Å². The van der Waals surface area contributed by atoms with Crippen LogP contribution in [-0.2, 0) is 33.8 Å². The number of aromatic hydroxyl groups is 1. The van der Waals surface area contributed by atoms with E-state index in [1.54, 1.807) is 0 Å². The van der Waals surface area contributed by atoms with E-state index in [1.807, 2.05) is 55.4 Å². The summed E-state index contributed by atoms with van der Waals surface area (Å²) in [6, 6.07) is 11.8. The maximum absolute atomic E-state index is 13.8. The molecule has 5 rings (SSSR count). The van der Waals surface area contributed by atoms with E-state index in [9.17, 15) is 34.8 Å². The Balaban J connectivity index is 1.54. The molecule has 2 aromatic rings. The van der Waals surface area contributed by atoms with Crippen LogP contribution in [0.4, 0.5) is 5.69 Å². The van der Waals surface area contributed by atoms with Crippen molar-refractivity contribution in [3.8, 4) is 5.75 Å². The molecular formula is C30H33N3O7. The quantitative estimate of drug-likeness (QED) is 0.223. The van der Waals surface area contributed by atoms with Gasteiger partial charge in [0.15, 0.2) is 11.4 Å². The fraction of sp³-hybridized carbons (Fsp3) is 0.367. The SMILES string of the molecule is CN(C)c1cc(CNCCc2ccccc2)c(O)c2c1C[C@H]1C[C@H]3CC(=O)C(C(N)=O)=C(O)[C@@]3(O)C(=O)C1=C2O. The predicted octanol–water partition coefficient (Wildman–Crippen LogP) is 1.82. The molecule has 3 aliphatic rings. The molecule has 1 fully saturated rings. The second kappa shape index (κ2) is 10.1. The fourth-order valence-electron chi connectivity index (χ4n) is 6.36. The fourth-order valence-corrected chi connectivity index (χ4v) is 6.36.